The van der Waals surface area contributed by atoms with Gasteiger partial charge in [-0.2, -0.15) is 20.5 Å². The summed E-state index contributed by atoms with van der Waals surface area (Å²) in [6.45, 7) is 10.3. The number of carbonyl (C=O) groups is 4. The molecule has 0 radical (unpaired) electrons. The molecule has 95 heavy (non-hydrogen) atoms. The molecule has 0 fully saturated rings. The lowest BCUT2D eigenvalue weighted by Crippen LogP contribution is -2.14. The molecule has 0 amide bonds. The maximum absolute atomic E-state index is 13.1. The smallest absolute Gasteiger partial charge is 0.343 e. The lowest BCUT2D eigenvalue weighted by Gasteiger charge is -2.13. The molecule has 2 atom stereocenters. The highest BCUT2D eigenvalue weighted by atomic mass is 16.5. The van der Waals surface area contributed by atoms with Crippen LogP contribution in [0.15, 0.2) is 190 Å². The fourth-order valence-corrected chi connectivity index (χ4v) is 11.1. The summed E-state index contributed by atoms with van der Waals surface area (Å²) in [7, 11) is 0. The van der Waals surface area contributed by atoms with Gasteiger partial charge in [-0.15, -0.1) is 0 Å². The summed E-state index contributed by atoms with van der Waals surface area (Å²) >= 11 is 0. The van der Waals surface area contributed by atoms with Crippen molar-refractivity contribution in [2.45, 2.75) is 187 Å². The lowest BCUT2D eigenvalue weighted by atomic mass is 9.98. The molecule has 0 unspecified atom stereocenters. The van der Waals surface area contributed by atoms with Crippen LogP contribution >= 0.6 is 0 Å². The van der Waals surface area contributed by atoms with E-state index in [0.29, 0.717) is 71.8 Å². The second kappa shape index (κ2) is 40.3. The number of unbranched alkanes of at least 4 members (excludes halogenated alkanes) is 20. The summed E-state index contributed by atoms with van der Waals surface area (Å²) in [6, 6.07) is 51.2. The molecule has 0 bridgehead atoms. The van der Waals surface area contributed by atoms with Crippen LogP contribution in [0.4, 0.5) is 22.7 Å². The Bertz CT molecular complexity index is 3460. The van der Waals surface area contributed by atoms with Crippen molar-refractivity contribution in [1.29, 1.82) is 0 Å². The molecule has 0 spiro atoms. The maximum Gasteiger partial charge on any atom is 0.343 e. The normalized spacial score (nSPS) is 12.1. The number of carbonyl (C=O) groups excluding carboxylic acids is 4. The van der Waals surface area contributed by atoms with Crippen LogP contribution in [-0.2, 0) is 19.1 Å². The standard InChI is InChI=1S/C81H96N4O10/c1-5-7-9-11-13-16-20-24-52-90-74-48-42-72(43-49-74)84-82-70-38-32-62(33-39-70)80(88)94-76-46-36-66-56-64(28-30-68(66)58-76)60(3)78(86)92-54-26-22-18-15-19-23-27-55-93-79(87)61(4)65-29-31-69-59-77(47-37-67(69)57-65)95-81(89)63-34-40-71(41-35-63)83-85-73-44-50-75(51-45-73)91-53-25-21-17-14-12-10-8-6-2/h28-51,56-61H,5-27,52-55H2,1-4H3/t60-,61-/m0/s1. The van der Waals surface area contributed by atoms with Crippen molar-refractivity contribution >= 4 is 68.2 Å². The zero-order valence-electron chi connectivity index (χ0n) is 56.3. The average Bonchev–Trinajstić information content (AvgIpc) is 1.72. The van der Waals surface area contributed by atoms with Crippen molar-refractivity contribution in [2.24, 2.45) is 20.5 Å². The van der Waals surface area contributed by atoms with Gasteiger partial charge >= 0.3 is 23.9 Å². The minimum Gasteiger partial charge on any atom is -0.494 e. The molecule has 14 heteroatoms. The molecule has 8 aromatic carbocycles. The Morgan fingerprint density at radius 2 is 0.579 bits per heavy atom. The number of azo groups is 2. The molecule has 0 saturated heterocycles. The average molecular weight is 1290 g/mol. The number of esters is 4. The van der Waals surface area contributed by atoms with Gasteiger partial charge in [-0.05, 0) is 194 Å². The second-order valence-corrected chi connectivity index (χ2v) is 24.7. The van der Waals surface area contributed by atoms with Crippen molar-refractivity contribution in [2.75, 3.05) is 26.4 Å². The monoisotopic (exact) mass is 1280 g/mol. The number of ether oxygens (including phenoxy) is 6. The Hall–Kier alpha value is -9.04. The van der Waals surface area contributed by atoms with E-state index >= 15 is 0 Å². The summed E-state index contributed by atoms with van der Waals surface area (Å²) in [5.41, 5.74) is 5.09. The summed E-state index contributed by atoms with van der Waals surface area (Å²) in [5, 5.41) is 20.9. The predicted octanol–water partition coefficient (Wildman–Crippen LogP) is 23.0. The van der Waals surface area contributed by atoms with Crippen LogP contribution in [-0.4, -0.2) is 50.3 Å². The minimum atomic E-state index is -0.487. The number of benzene rings is 8. The van der Waals surface area contributed by atoms with E-state index in [1.54, 1.807) is 60.7 Å². The van der Waals surface area contributed by atoms with E-state index in [1.165, 1.54) is 89.9 Å². The van der Waals surface area contributed by atoms with Gasteiger partial charge in [0.05, 0.1) is 72.1 Å². The third-order valence-electron chi connectivity index (χ3n) is 17.1. The van der Waals surface area contributed by atoms with Crippen LogP contribution in [0.25, 0.3) is 21.5 Å². The van der Waals surface area contributed by atoms with Gasteiger partial charge in [0.25, 0.3) is 0 Å². The predicted molar refractivity (Wildman–Crippen MR) is 379 cm³/mol. The first-order valence-electron chi connectivity index (χ1n) is 34.9. The Balaban J connectivity index is 0.645. The van der Waals surface area contributed by atoms with Crippen molar-refractivity contribution < 1.29 is 47.6 Å². The summed E-state index contributed by atoms with van der Waals surface area (Å²) < 4.78 is 34.7. The first-order chi connectivity index (χ1) is 46.5. The molecular formula is C81H96N4O10. The van der Waals surface area contributed by atoms with Crippen LogP contribution in [0, 0.1) is 0 Å². The third kappa shape index (κ3) is 25.0. The Labute approximate surface area is 562 Å². The van der Waals surface area contributed by atoms with Gasteiger partial charge in [0.1, 0.15) is 23.0 Å². The molecule has 0 aliphatic rings. The quantitative estimate of drug-likeness (QED) is 0.0155. The topological polar surface area (TPSA) is 173 Å². The highest BCUT2D eigenvalue weighted by Crippen LogP contribution is 2.31. The van der Waals surface area contributed by atoms with E-state index in [0.717, 1.165) is 102 Å². The molecule has 8 aromatic rings. The molecule has 8 rings (SSSR count). The van der Waals surface area contributed by atoms with Gasteiger partial charge in [-0.25, -0.2) is 9.59 Å². The fourth-order valence-electron chi connectivity index (χ4n) is 11.1. The van der Waals surface area contributed by atoms with Crippen LogP contribution < -0.4 is 18.9 Å². The highest BCUT2D eigenvalue weighted by Gasteiger charge is 2.20. The molecule has 500 valence electrons. The largest absolute Gasteiger partial charge is 0.494 e. The van der Waals surface area contributed by atoms with E-state index in [1.807, 2.05) is 123 Å². The summed E-state index contributed by atoms with van der Waals surface area (Å²) in [6.07, 6.45) is 26.8. The lowest BCUT2D eigenvalue weighted by molar-refractivity contribution is -0.146. The number of hydrogen-bond donors (Lipinski definition) is 0. The SMILES string of the molecule is CCCCCCCCCCOc1ccc(N=Nc2ccc(C(=O)Oc3ccc4cc([C@H](C)C(=O)OCCCCCCCCCOC(=O)[C@@H](C)c5ccc6cc(OC(=O)c7ccc(N=Nc8ccc(OCCCCCCCCCC)cc8)cc7)ccc6c5)ccc4c3)cc2)cc1. The fraction of sp³-hybridized carbons (Fsp3) is 0.407. The van der Waals surface area contributed by atoms with Gasteiger partial charge in [0, 0.05) is 0 Å². The van der Waals surface area contributed by atoms with E-state index < -0.39 is 23.8 Å². The first kappa shape index (κ1) is 71.8. The molecule has 0 aromatic heterocycles. The molecule has 0 saturated carbocycles. The summed E-state index contributed by atoms with van der Waals surface area (Å²) in [5.74, 6) is 0.0746. The second-order valence-electron chi connectivity index (χ2n) is 24.7. The number of nitrogens with zero attached hydrogens (tertiary/aromatic N) is 4. The van der Waals surface area contributed by atoms with Crippen LogP contribution in [0.1, 0.15) is 219 Å². The van der Waals surface area contributed by atoms with Crippen LogP contribution in [0.3, 0.4) is 0 Å². The highest BCUT2D eigenvalue weighted by molar-refractivity contribution is 5.94. The van der Waals surface area contributed by atoms with Gasteiger partial charge in [0.2, 0.25) is 0 Å². The first-order valence-corrected chi connectivity index (χ1v) is 34.9. The minimum absolute atomic E-state index is 0.266. The molecule has 0 aliphatic heterocycles. The van der Waals surface area contributed by atoms with Crippen molar-refractivity contribution in [1.82, 2.24) is 0 Å². The Morgan fingerprint density at radius 1 is 0.305 bits per heavy atom. The van der Waals surface area contributed by atoms with E-state index in [9.17, 15) is 19.2 Å². The third-order valence-corrected chi connectivity index (χ3v) is 17.1. The van der Waals surface area contributed by atoms with Gasteiger partial charge in [-0.3, -0.25) is 9.59 Å². The van der Waals surface area contributed by atoms with Gasteiger partial charge < -0.3 is 28.4 Å². The summed E-state index contributed by atoms with van der Waals surface area (Å²) in [4.78, 5) is 52.3. The van der Waals surface area contributed by atoms with Gasteiger partial charge in [0.15, 0.2) is 0 Å². The number of fused-ring (bicyclic) bond motifs is 2. The number of hydrogen-bond acceptors (Lipinski definition) is 14. The van der Waals surface area contributed by atoms with E-state index in [4.69, 9.17) is 28.4 Å². The zero-order valence-corrected chi connectivity index (χ0v) is 56.3. The van der Waals surface area contributed by atoms with Crippen molar-refractivity contribution in [3.63, 3.8) is 0 Å². The van der Waals surface area contributed by atoms with Crippen LogP contribution in [0.2, 0.25) is 0 Å². The molecule has 0 aliphatic carbocycles. The molecule has 0 N–H and O–H groups in total. The van der Waals surface area contributed by atoms with Gasteiger partial charge in [-0.1, -0.05) is 184 Å². The Kier molecular flexibility index (Phi) is 30.4. The zero-order chi connectivity index (χ0) is 66.7. The van der Waals surface area contributed by atoms with E-state index in [2.05, 4.69) is 34.3 Å². The molecule has 0 heterocycles. The maximum atomic E-state index is 13.1. The van der Waals surface area contributed by atoms with Crippen molar-refractivity contribution in [3.05, 3.63) is 192 Å². The number of rotatable bonds is 42. The molecule has 14 nitrogen and oxygen atoms in total. The molecular weight excluding hydrogens is 1190 g/mol. The van der Waals surface area contributed by atoms with Crippen molar-refractivity contribution in [3.8, 4) is 23.0 Å². The van der Waals surface area contributed by atoms with E-state index in [-0.39, 0.29) is 11.9 Å². The Morgan fingerprint density at radius 3 is 0.916 bits per heavy atom. The van der Waals surface area contributed by atoms with Crippen LogP contribution in [0.5, 0.6) is 23.0 Å².